The summed E-state index contributed by atoms with van der Waals surface area (Å²) in [6, 6.07) is 6.33. The van der Waals surface area contributed by atoms with Crippen LogP contribution >= 0.6 is 11.3 Å². The van der Waals surface area contributed by atoms with Gasteiger partial charge in [-0.2, -0.15) is 4.68 Å². The Labute approximate surface area is 142 Å². The van der Waals surface area contributed by atoms with Crippen LogP contribution in [0.4, 0.5) is 0 Å². The number of rotatable bonds is 4. The molecule has 1 N–H and O–H groups in total. The van der Waals surface area contributed by atoms with Crippen LogP contribution in [0.15, 0.2) is 40.9 Å². The van der Waals surface area contributed by atoms with Gasteiger partial charge < -0.3 is 0 Å². The van der Waals surface area contributed by atoms with Gasteiger partial charge in [0.1, 0.15) is 11.2 Å². The van der Waals surface area contributed by atoms with E-state index in [-0.39, 0.29) is 9.77 Å². The quantitative estimate of drug-likeness (QED) is 0.752. The molecule has 3 rings (SSSR count). The van der Waals surface area contributed by atoms with Crippen LogP contribution in [-0.4, -0.2) is 34.5 Å². The van der Waals surface area contributed by atoms with Gasteiger partial charge in [-0.15, -0.1) is 16.4 Å². The minimum atomic E-state index is -3.96. The summed E-state index contributed by atoms with van der Waals surface area (Å²) in [7, 11) is -3.96. The molecular formula is C14H13N5O3S2. The van der Waals surface area contributed by atoms with E-state index in [4.69, 9.17) is 0 Å². The predicted molar refractivity (Wildman–Crippen MR) is 87.6 cm³/mol. The van der Waals surface area contributed by atoms with Gasteiger partial charge in [0.05, 0.1) is 10.6 Å². The molecule has 1 amide bonds. The van der Waals surface area contributed by atoms with Crippen molar-refractivity contribution < 1.29 is 13.2 Å². The number of aryl methyl sites for hydroxylation is 2. The standard InChI is InChI=1S/C14H13N5O3S2/c1-9-3-4-11(7-10(9)2)24(21,22)16-14(20)13-12(5-6-23-13)19-8-15-17-18-19/h3-8H,1-2H3,(H,16,20). The lowest BCUT2D eigenvalue weighted by Gasteiger charge is -2.09. The zero-order valence-corrected chi connectivity index (χ0v) is 14.4. The second-order valence-corrected chi connectivity index (χ2v) is 7.67. The van der Waals surface area contributed by atoms with Gasteiger partial charge in [-0.3, -0.25) is 4.79 Å². The molecule has 3 aromatic rings. The van der Waals surface area contributed by atoms with Gasteiger partial charge in [-0.1, -0.05) is 6.07 Å². The van der Waals surface area contributed by atoms with Crippen molar-refractivity contribution in [3.05, 3.63) is 52.0 Å². The van der Waals surface area contributed by atoms with Crippen molar-refractivity contribution >= 4 is 27.3 Å². The van der Waals surface area contributed by atoms with Gasteiger partial charge in [0.2, 0.25) is 0 Å². The van der Waals surface area contributed by atoms with Crippen LogP contribution in [0.5, 0.6) is 0 Å². The molecule has 124 valence electrons. The number of thiophene rings is 1. The topological polar surface area (TPSA) is 107 Å². The number of sulfonamides is 1. The van der Waals surface area contributed by atoms with Crippen LogP contribution in [0.25, 0.3) is 5.69 Å². The molecule has 0 aliphatic carbocycles. The maximum absolute atomic E-state index is 12.4. The minimum Gasteiger partial charge on any atom is -0.267 e. The van der Waals surface area contributed by atoms with E-state index < -0.39 is 15.9 Å². The fraction of sp³-hybridized carbons (Fsp3) is 0.143. The first-order valence-electron chi connectivity index (χ1n) is 6.84. The summed E-state index contributed by atoms with van der Waals surface area (Å²) in [6.07, 6.45) is 1.33. The second kappa shape index (κ2) is 6.13. The summed E-state index contributed by atoms with van der Waals surface area (Å²) >= 11 is 1.10. The molecule has 2 aromatic heterocycles. The third-order valence-corrected chi connectivity index (χ3v) is 5.69. The average molecular weight is 363 g/mol. The van der Waals surface area contributed by atoms with Crippen LogP contribution in [0, 0.1) is 13.8 Å². The van der Waals surface area contributed by atoms with Gasteiger partial charge in [0.25, 0.3) is 15.9 Å². The number of amides is 1. The van der Waals surface area contributed by atoms with Crippen molar-refractivity contribution in [3.63, 3.8) is 0 Å². The number of aromatic nitrogens is 4. The molecule has 0 aliphatic rings. The molecule has 0 radical (unpaired) electrons. The van der Waals surface area contributed by atoms with E-state index in [9.17, 15) is 13.2 Å². The van der Waals surface area contributed by atoms with Crippen LogP contribution in [0.1, 0.15) is 20.8 Å². The second-order valence-electron chi connectivity index (χ2n) is 5.07. The van der Waals surface area contributed by atoms with E-state index in [1.54, 1.807) is 17.5 Å². The van der Waals surface area contributed by atoms with Gasteiger partial charge >= 0.3 is 0 Å². The van der Waals surface area contributed by atoms with Gasteiger partial charge in [0, 0.05) is 0 Å². The molecule has 8 nitrogen and oxygen atoms in total. The fourth-order valence-electron chi connectivity index (χ4n) is 2.03. The lowest BCUT2D eigenvalue weighted by atomic mass is 10.1. The number of tetrazole rings is 1. The molecule has 0 saturated carbocycles. The Morgan fingerprint density at radius 2 is 2.00 bits per heavy atom. The van der Waals surface area contributed by atoms with E-state index in [0.29, 0.717) is 5.69 Å². The molecule has 0 aliphatic heterocycles. The highest BCUT2D eigenvalue weighted by Crippen LogP contribution is 2.21. The number of benzene rings is 1. The summed E-state index contributed by atoms with van der Waals surface area (Å²) < 4.78 is 28.2. The Morgan fingerprint density at radius 3 is 2.67 bits per heavy atom. The number of hydrogen-bond acceptors (Lipinski definition) is 7. The summed E-state index contributed by atoms with van der Waals surface area (Å²) in [6.45, 7) is 3.69. The lowest BCUT2D eigenvalue weighted by Crippen LogP contribution is -2.30. The highest BCUT2D eigenvalue weighted by atomic mass is 32.2. The first kappa shape index (κ1) is 16.3. The summed E-state index contributed by atoms with van der Waals surface area (Å²) in [4.78, 5) is 12.6. The number of nitrogens with one attached hydrogen (secondary N) is 1. The van der Waals surface area contributed by atoms with Crippen LogP contribution < -0.4 is 4.72 Å². The van der Waals surface area contributed by atoms with Crippen molar-refractivity contribution in [1.29, 1.82) is 0 Å². The molecule has 0 unspecified atom stereocenters. The monoisotopic (exact) mass is 363 g/mol. The molecule has 10 heteroatoms. The van der Waals surface area contributed by atoms with Crippen LogP contribution in [0.3, 0.4) is 0 Å². The van der Waals surface area contributed by atoms with Gasteiger partial charge in [0.15, 0.2) is 0 Å². The third kappa shape index (κ3) is 3.05. The first-order valence-corrected chi connectivity index (χ1v) is 9.20. The van der Waals surface area contributed by atoms with Crippen LogP contribution in [-0.2, 0) is 10.0 Å². The predicted octanol–water partition coefficient (Wildman–Crippen LogP) is 1.46. The van der Waals surface area contributed by atoms with E-state index in [1.165, 1.54) is 23.1 Å². The number of nitrogens with zero attached hydrogens (tertiary/aromatic N) is 4. The normalized spacial score (nSPS) is 11.4. The Kier molecular flexibility index (Phi) is 4.16. The zero-order valence-electron chi connectivity index (χ0n) is 12.8. The molecule has 0 fully saturated rings. The Balaban J connectivity index is 1.90. The molecule has 0 bridgehead atoms. The molecule has 1 aromatic carbocycles. The molecule has 0 atom stereocenters. The SMILES string of the molecule is Cc1ccc(S(=O)(=O)NC(=O)c2sccc2-n2cnnn2)cc1C. The molecule has 24 heavy (non-hydrogen) atoms. The Morgan fingerprint density at radius 1 is 1.21 bits per heavy atom. The first-order chi connectivity index (χ1) is 11.4. The van der Waals surface area contributed by atoms with Crippen molar-refractivity contribution in [3.8, 4) is 5.69 Å². The third-order valence-electron chi connectivity index (χ3n) is 3.46. The van der Waals surface area contributed by atoms with E-state index in [0.717, 1.165) is 22.5 Å². The highest BCUT2D eigenvalue weighted by Gasteiger charge is 2.23. The van der Waals surface area contributed by atoms with Crippen molar-refractivity contribution in [1.82, 2.24) is 24.9 Å². The van der Waals surface area contributed by atoms with Crippen LogP contribution in [0.2, 0.25) is 0 Å². The molecule has 2 heterocycles. The largest absolute Gasteiger partial charge is 0.277 e. The molecule has 0 saturated heterocycles. The van der Waals surface area contributed by atoms with E-state index in [2.05, 4.69) is 20.2 Å². The van der Waals surface area contributed by atoms with Gasteiger partial charge in [-0.05, 0) is 59.0 Å². The molecule has 0 spiro atoms. The minimum absolute atomic E-state index is 0.0412. The maximum atomic E-state index is 12.4. The summed E-state index contributed by atoms with van der Waals surface area (Å²) in [5.74, 6) is -0.728. The van der Waals surface area contributed by atoms with Crippen molar-refractivity contribution in [2.75, 3.05) is 0 Å². The zero-order chi connectivity index (χ0) is 17.3. The van der Waals surface area contributed by atoms with Crippen molar-refractivity contribution in [2.24, 2.45) is 0 Å². The Bertz CT molecular complexity index is 993. The van der Waals surface area contributed by atoms with Gasteiger partial charge in [-0.25, -0.2) is 13.1 Å². The maximum Gasteiger partial charge on any atom is 0.277 e. The smallest absolute Gasteiger partial charge is 0.267 e. The van der Waals surface area contributed by atoms with E-state index >= 15 is 0 Å². The highest BCUT2D eigenvalue weighted by molar-refractivity contribution is 7.90. The number of carbonyl (C=O) groups is 1. The Hall–Kier alpha value is -2.59. The van der Waals surface area contributed by atoms with E-state index in [1.807, 2.05) is 13.8 Å². The average Bonchev–Trinajstić information content (AvgIpc) is 3.19. The summed E-state index contributed by atoms with van der Waals surface area (Å²) in [5.41, 5.74) is 2.22. The molecular weight excluding hydrogens is 350 g/mol. The van der Waals surface area contributed by atoms with Crippen molar-refractivity contribution in [2.45, 2.75) is 18.7 Å². The number of hydrogen-bond donors (Lipinski definition) is 1. The lowest BCUT2D eigenvalue weighted by molar-refractivity contribution is 0.0985. The summed E-state index contributed by atoms with van der Waals surface area (Å²) in [5, 5.41) is 12.4. The fourth-order valence-corrected chi connectivity index (χ4v) is 3.91. The number of carbonyl (C=O) groups excluding carboxylic acids is 1.